The average Bonchev–Trinajstić information content (AvgIpc) is 2.97. The number of benzene rings is 2. The van der Waals surface area contributed by atoms with E-state index in [1.165, 1.54) is 6.07 Å². The summed E-state index contributed by atoms with van der Waals surface area (Å²) < 4.78 is 24.1. The monoisotopic (exact) mass is 316 g/mol. The lowest BCUT2D eigenvalue weighted by Crippen LogP contribution is -2.30. The second-order valence-electron chi connectivity index (χ2n) is 5.38. The molecule has 1 aliphatic rings. The molecule has 1 N–H and O–H groups in total. The molecule has 1 heterocycles. The van der Waals surface area contributed by atoms with Crippen LogP contribution in [-0.2, 0) is 11.3 Å². The molecule has 0 saturated heterocycles. The smallest absolute Gasteiger partial charge is 0.238 e. The van der Waals surface area contributed by atoms with Crippen LogP contribution in [0.3, 0.4) is 0 Å². The summed E-state index contributed by atoms with van der Waals surface area (Å²) >= 11 is 0. The van der Waals surface area contributed by atoms with Gasteiger partial charge in [0.25, 0.3) is 0 Å². The van der Waals surface area contributed by atoms with Crippen LogP contribution in [0.2, 0.25) is 0 Å². The molecule has 23 heavy (non-hydrogen) atoms. The third-order valence-electron chi connectivity index (χ3n) is 3.47. The van der Waals surface area contributed by atoms with Gasteiger partial charge in [0.2, 0.25) is 12.7 Å². The lowest BCUT2D eigenvalue weighted by molar-refractivity contribution is -0.117. The summed E-state index contributed by atoms with van der Waals surface area (Å²) in [4.78, 5) is 13.8. The fourth-order valence-electron chi connectivity index (χ4n) is 2.39. The molecule has 0 bridgehead atoms. The first kappa shape index (κ1) is 15.3. The van der Waals surface area contributed by atoms with Crippen molar-refractivity contribution in [2.75, 3.05) is 25.7 Å². The first-order valence-corrected chi connectivity index (χ1v) is 7.23. The summed E-state index contributed by atoms with van der Waals surface area (Å²) in [7, 11) is 1.77. The van der Waals surface area contributed by atoms with Crippen molar-refractivity contribution in [1.29, 1.82) is 0 Å². The molecule has 0 aromatic heterocycles. The van der Waals surface area contributed by atoms with Crippen LogP contribution >= 0.6 is 0 Å². The van der Waals surface area contributed by atoms with Gasteiger partial charge in [-0.05, 0) is 25.2 Å². The van der Waals surface area contributed by atoms with Gasteiger partial charge in [0.15, 0.2) is 11.5 Å². The van der Waals surface area contributed by atoms with Crippen molar-refractivity contribution < 1.29 is 18.7 Å². The fraction of sp³-hybridized carbons (Fsp3) is 0.235. The SMILES string of the molecule is CN(CC(=O)Nc1ccc2c(c1)OCO2)Cc1ccccc1F. The molecule has 2 aromatic carbocycles. The van der Waals surface area contributed by atoms with Crippen molar-refractivity contribution in [3.8, 4) is 11.5 Å². The highest BCUT2D eigenvalue weighted by Crippen LogP contribution is 2.34. The first-order valence-electron chi connectivity index (χ1n) is 7.23. The van der Waals surface area contributed by atoms with Gasteiger partial charge >= 0.3 is 0 Å². The number of rotatable bonds is 5. The van der Waals surface area contributed by atoms with Gasteiger partial charge in [-0.3, -0.25) is 9.69 Å². The number of nitrogens with one attached hydrogen (secondary N) is 1. The van der Waals surface area contributed by atoms with Crippen LogP contribution in [0.25, 0.3) is 0 Å². The van der Waals surface area contributed by atoms with Gasteiger partial charge in [0.05, 0.1) is 6.54 Å². The number of ether oxygens (including phenoxy) is 2. The highest BCUT2D eigenvalue weighted by Gasteiger charge is 2.15. The molecule has 0 saturated carbocycles. The Morgan fingerprint density at radius 2 is 2.00 bits per heavy atom. The fourth-order valence-corrected chi connectivity index (χ4v) is 2.39. The third kappa shape index (κ3) is 3.78. The number of nitrogens with zero attached hydrogens (tertiary/aromatic N) is 1. The van der Waals surface area contributed by atoms with Gasteiger partial charge in [0.1, 0.15) is 5.82 Å². The highest BCUT2D eigenvalue weighted by atomic mass is 19.1. The highest BCUT2D eigenvalue weighted by molar-refractivity contribution is 5.92. The Morgan fingerprint density at radius 1 is 1.22 bits per heavy atom. The van der Waals surface area contributed by atoms with E-state index in [-0.39, 0.29) is 25.1 Å². The lowest BCUT2D eigenvalue weighted by Gasteiger charge is -2.16. The van der Waals surface area contributed by atoms with Crippen molar-refractivity contribution in [2.24, 2.45) is 0 Å². The average molecular weight is 316 g/mol. The van der Waals surface area contributed by atoms with Gasteiger partial charge in [-0.25, -0.2) is 4.39 Å². The standard InChI is InChI=1S/C17H17FN2O3/c1-20(9-12-4-2-3-5-14(12)18)10-17(21)19-13-6-7-15-16(8-13)23-11-22-15/h2-8H,9-11H2,1H3,(H,19,21). The minimum Gasteiger partial charge on any atom is -0.454 e. The molecular weight excluding hydrogens is 299 g/mol. The molecule has 5 nitrogen and oxygen atoms in total. The zero-order valence-electron chi connectivity index (χ0n) is 12.7. The number of carbonyl (C=O) groups excluding carboxylic acids is 1. The molecule has 0 unspecified atom stereocenters. The second-order valence-corrected chi connectivity index (χ2v) is 5.38. The zero-order valence-corrected chi connectivity index (χ0v) is 12.7. The van der Waals surface area contributed by atoms with Crippen molar-refractivity contribution in [3.05, 3.63) is 53.8 Å². The number of anilines is 1. The molecule has 2 aromatic rings. The van der Waals surface area contributed by atoms with Crippen LogP contribution in [0, 0.1) is 5.82 Å². The molecule has 1 amide bonds. The lowest BCUT2D eigenvalue weighted by atomic mass is 10.2. The van der Waals surface area contributed by atoms with Crippen molar-refractivity contribution >= 4 is 11.6 Å². The summed E-state index contributed by atoms with van der Waals surface area (Å²) in [5, 5.41) is 2.79. The Morgan fingerprint density at radius 3 is 2.83 bits per heavy atom. The summed E-state index contributed by atoms with van der Waals surface area (Å²) in [5.41, 5.74) is 1.20. The van der Waals surface area contributed by atoms with Crippen LogP contribution < -0.4 is 14.8 Å². The van der Waals surface area contributed by atoms with Crippen LogP contribution in [0.4, 0.5) is 10.1 Å². The zero-order chi connectivity index (χ0) is 16.2. The summed E-state index contributed by atoms with van der Waals surface area (Å²) in [6, 6.07) is 11.8. The van der Waals surface area contributed by atoms with Crippen molar-refractivity contribution in [3.63, 3.8) is 0 Å². The van der Waals surface area contributed by atoms with Gasteiger partial charge in [-0.1, -0.05) is 18.2 Å². The van der Waals surface area contributed by atoms with Gasteiger partial charge in [0, 0.05) is 23.9 Å². The quantitative estimate of drug-likeness (QED) is 0.921. The molecule has 0 radical (unpaired) electrons. The van der Waals surface area contributed by atoms with E-state index in [0.717, 1.165) is 0 Å². The molecule has 3 rings (SSSR count). The maximum atomic E-state index is 13.6. The minimum atomic E-state index is -0.268. The number of amides is 1. The second kappa shape index (κ2) is 6.66. The third-order valence-corrected chi connectivity index (χ3v) is 3.47. The molecule has 0 atom stereocenters. The van der Waals surface area contributed by atoms with E-state index < -0.39 is 0 Å². The first-order chi connectivity index (χ1) is 11.1. The van der Waals surface area contributed by atoms with E-state index in [0.29, 0.717) is 29.3 Å². The Balaban J connectivity index is 1.55. The maximum Gasteiger partial charge on any atom is 0.238 e. The summed E-state index contributed by atoms with van der Waals surface area (Å²) in [6.45, 7) is 0.710. The topological polar surface area (TPSA) is 50.8 Å². The Hall–Kier alpha value is -2.60. The van der Waals surface area contributed by atoms with Gasteiger partial charge in [-0.15, -0.1) is 0 Å². The van der Waals surface area contributed by atoms with Crippen molar-refractivity contribution in [2.45, 2.75) is 6.54 Å². The minimum absolute atomic E-state index is 0.156. The molecule has 0 fully saturated rings. The van der Waals surface area contributed by atoms with Gasteiger partial charge in [-0.2, -0.15) is 0 Å². The van der Waals surface area contributed by atoms with Gasteiger partial charge < -0.3 is 14.8 Å². The van der Waals surface area contributed by atoms with Crippen LogP contribution in [-0.4, -0.2) is 31.2 Å². The summed E-state index contributed by atoms with van der Waals surface area (Å²) in [5.74, 6) is 0.834. The van der Waals surface area contributed by atoms with Crippen LogP contribution in [0.1, 0.15) is 5.56 Å². The maximum absolute atomic E-state index is 13.6. The van der Waals surface area contributed by atoms with E-state index in [1.54, 1.807) is 48.3 Å². The number of likely N-dealkylation sites (N-methyl/N-ethyl adjacent to an activating group) is 1. The predicted octanol–water partition coefficient (Wildman–Crippen LogP) is 2.62. The predicted molar refractivity (Wildman–Crippen MR) is 83.9 cm³/mol. The van der Waals surface area contributed by atoms with Crippen LogP contribution in [0.15, 0.2) is 42.5 Å². The molecule has 0 aliphatic carbocycles. The number of carbonyl (C=O) groups is 1. The van der Waals surface area contributed by atoms with Crippen LogP contribution in [0.5, 0.6) is 11.5 Å². The van der Waals surface area contributed by atoms with Crippen molar-refractivity contribution in [1.82, 2.24) is 4.90 Å². The molecule has 1 aliphatic heterocycles. The number of hydrogen-bond donors (Lipinski definition) is 1. The Labute approximate surface area is 133 Å². The number of halogens is 1. The number of fused-ring (bicyclic) bond motifs is 1. The Kier molecular flexibility index (Phi) is 4.43. The van der Waals surface area contributed by atoms with E-state index >= 15 is 0 Å². The molecule has 120 valence electrons. The normalized spacial score (nSPS) is 12.5. The van der Waals surface area contributed by atoms with E-state index in [4.69, 9.17) is 9.47 Å². The summed E-state index contributed by atoms with van der Waals surface area (Å²) in [6.07, 6.45) is 0. The van der Waals surface area contributed by atoms with E-state index in [2.05, 4.69) is 5.32 Å². The molecule has 0 spiro atoms. The molecule has 6 heteroatoms. The number of hydrogen-bond acceptors (Lipinski definition) is 4. The largest absolute Gasteiger partial charge is 0.454 e. The molecular formula is C17H17FN2O3. The Bertz CT molecular complexity index is 721. The van der Waals surface area contributed by atoms with E-state index in [1.807, 2.05) is 0 Å². The van der Waals surface area contributed by atoms with E-state index in [9.17, 15) is 9.18 Å².